The molecule has 23 heavy (non-hydrogen) atoms. The highest BCUT2D eigenvalue weighted by Crippen LogP contribution is 2.24. The Bertz CT molecular complexity index is 571. The zero-order chi connectivity index (χ0) is 16.2. The zero-order valence-corrected chi connectivity index (χ0v) is 13.0. The van der Waals surface area contributed by atoms with Crippen molar-refractivity contribution < 1.29 is 9.72 Å². The smallest absolute Gasteiger partial charge is 0.287 e. The first kappa shape index (κ1) is 15.7. The maximum atomic E-state index is 12.6. The van der Waals surface area contributed by atoms with Crippen molar-refractivity contribution in [3.8, 4) is 0 Å². The normalized spacial score (nSPS) is 22.0. The van der Waals surface area contributed by atoms with Gasteiger partial charge in [-0.25, -0.2) is 4.98 Å². The van der Waals surface area contributed by atoms with E-state index >= 15 is 0 Å². The SMILES string of the molecule is O=C(C1CCCN(c2ccc([N+](=O)[O-])cn2)C1)N1CCNCC1. The van der Waals surface area contributed by atoms with Gasteiger partial charge < -0.3 is 15.1 Å². The van der Waals surface area contributed by atoms with Crippen LogP contribution in [0.15, 0.2) is 18.3 Å². The minimum absolute atomic E-state index is 0.0146. The maximum Gasteiger partial charge on any atom is 0.287 e. The topological polar surface area (TPSA) is 91.6 Å². The molecule has 1 amide bonds. The Hall–Kier alpha value is -2.22. The van der Waals surface area contributed by atoms with Crippen molar-refractivity contribution in [2.24, 2.45) is 5.92 Å². The number of piperazine rings is 1. The summed E-state index contributed by atoms with van der Waals surface area (Å²) < 4.78 is 0. The molecule has 0 bridgehead atoms. The Labute approximate surface area is 134 Å². The third-order valence-electron chi connectivity index (χ3n) is 4.47. The van der Waals surface area contributed by atoms with Crippen LogP contribution < -0.4 is 10.2 Å². The van der Waals surface area contributed by atoms with Crippen LogP contribution in [-0.4, -0.2) is 60.0 Å². The number of carbonyl (C=O) groups excluding carboxylic acids is 1. The molecular formula is C15H21N5O3. The molecule has 0 radical (unpaired) electrons. The number of hydrogen-bond donors (Lipinski definition) is 1. The van der Waals surface area contributed by atoms with E-state index in [0.717, 1.165) is 45.6 Å². The summed E-state index contributed by atoms with van der Waals surface area (Å²) in [5.41, 5.74) is -0.0146. The molecule has 0 spiro atoms. The Morgan fingerprint density at radius 2 is 2.09 bits per heavy atom. The Morgan fingerprint density at radius 3 is 2.74 bits per heavy atom. The van der Waals surface area contributed by atoms with Crippen molar-refractivity contribution in [1.29, 1.82) is 0 Å². The van der Waals surface area contributed by atoms with Crippen LogP contribution in [0.2, 0.25) is 0 Å². The van der Waals surface area contributed by atoms with Crippen LogP contribution in [0, 0.1) is 16.0 Å². The predicted octanol–water partition coefficient (Wildman–Crippen LogP) is 0.638. The molecule has 1 aromatic rings. The third kappa shape index (κ3) is 3.58. The van der Waals surface area contributed by atoms with Gasteiger partial charge in [-0.15, -0.1) is 0 Å². The summed E-state index contributed by atoms with van der Waals surface area (Å²) >= 11 is 0. The summed E-state index contributed by atoms with van der Waals surface area (Å²) in [5.74, 6) is 0.908. The van der Waals surface area contributed by atoms with Crippen LogP contribution >= 0.6 is 0 Å². The summed E-state index contributed by atoms with van der Waals surface area (Å²) in [6.45, 7) is 4.71. The monoisotopic (exact) mass is 319 g/mol. The van der Waals surface area contributed by atoms with E-state index in [4.69, 9.17) is 0 Å². The van der Waals surface area contributed by atoms with Crippen LogP contribution in [0.1, 0.15) is 12.8 Å². The first-order valence-electron chi connectivity index (χ1n) is 8.00. The summed E-state index contributed by atoms with van der Waals surface area (Å²) in [4.78, 5) is 31.1. The average Bonchev–Trinajstić information content (AvgIpc) is 2.62. The van der Waals surface area contributed by atoms with E-state index < -0.39 is 4.92 Å². The largest absolute Gasteiger partial charge is 0.356 e. The van der Waals surface area contributed by atoms with Crippen molar-refractivity contribution in [2.75, 3.05) is 44.2 Å². The van der Waals surface area contributed by atoms with Gasteiger partial charge in [-0.2, -0.15) is 0 Å². The van der Waals surface area contributed by atoms with Gasteiger partial charge in [-0.05, 0) is 18.9 Å². The lowest BCUT2D eigenvalue weighted by Crippen LogP contribution is -2.51. The molecule has 0 saturated carbocycles. The molecule has 0 aromatic carbocycles. The van der Waals surface area contributed by atoms with Gasteiger partial charge in [0.2, 0.25) is 5.91 Å². The number of nitrogens with zero attached hydrogens (tertiary/aromatic N) is 4. The Morgan fingerprint density at radius 1 is 1.30 bits per heavy atom. The van der Waals surface area contributed by atoms with Gasteiger partial charge in [0, 0.05) is 45.3 Å². The van der Waals surface area contributed by atoms with E-state index in [0.29, 0.717) is 12.4 Å². The highest BCUT2D eigenvalue weighted by Gasteiger charge is 2.30. The fraction of sp³-hybridized carbons (Fsp3) is 0.600. The molecule has 3 heterocycles. The molecule has 2 aliphatic heterocycles. The van der Waals surface area contributed by atoms with Gasteiger partial charge in [-0.3, -0.25) is 14.9 Å². The minimum atomic E-state index is -0.455. The van der Waals surface area contributed by atoms with Gasteiger partial charge in [-0.1, -0.05) is 0 Å². The summed E-state index contributed by atoms with van der Waals surface area (Å²) in [6, 6.07) is 3.12. The zero-order valence-electron chi connectivity index (χ0n) is 13.0. The Kier molecular flexibility index (Phi) is 4.71. The van der Waals surface area contributed by atoms with Gasteiger partial charge in [0.1, 0.15) is 12.0 Å². The molecule has 124 valence electrons. The van der Waals surface area contributed by atoms with Gasteiger partial charge in [0.25, 0.3) is 5.69 Å². The van der Waals surface area contributed by atoms with E-state index in [-0.39, 0.29) is 17.5 Å². The number of aromatic nitrogens is 1. The van der Waals surface area contributed by atoms with Crippen molar-refractivity contribution in [3.63, 3.8) is 0 Å². The highest BCUT2D eigenvalue weighted by atomic mass is 16.6. The summed E-state index contributed by atoms with van der Waals surface area (Å²) in [5, 5.41) is 14.0. The lowest BCUT2D eigenvalue weighted by Gasteiger charge is -2.36. The maximum absolute atomic E-state index is 12.6. The molecule has 0 aliphatic carbocycles. The minimum Gasteiger partial charge on any atom is -0.356 e. The second-order valence-electron chi connectivity index (χ2n) is 5.99. The number of amides is 1. The number of hydrogen-bond acceptors (Lipinski definition) is 6. The molecule has 1 atom stereocenters. The van der Waals surface area contributed by atoms with E-state index in [1.165, 1.54) is 12.3 Å². The number of pyridine rings is 1. The van der Waals surface area contributed by atoms with Gasteiger partial charge in [0.15, 0.2) is 0 Å². The average molecular weight is 319 g/mol. The molecule has 1 N–H and O–H groups in total. The summed E-state index contributed by atoms with van der Waals surface area (Å²) in [6.07, 6.45) is 3.10. The lowest BCUT2D eigenvalue weighted by molar-refractivity contribution is -0.385. The predicted molar refractivity (Wildman–Crippen MR) is 85.3 cm³/mol. The quantitative estimate of drug-likeness (QED) is 0.649. The van der Waals surface area contributed by atoms with Crippen molar-refractivity contribution in [1.82, 2.24) is 15.2 Å². The first-order valence-corrected chi connectivity index (χ1v) is 8.00. The first-order chi connectivity index (χ1) is 11.1. The van der Waals surface area contributed by atoms with Crippen molar-refractivity contribution in [3.05, 3.63) is 28.4 Å². The molecule has 1 unspecified atom stereocenters. The number of anilines is 1. The van der Waals surface area contributed by atoms with Crippen molar-refractivity contribution in [2.45, 2.75) is 12.8 Å². The van der Waals surface area contributed by atoms with E-state index in [2.05, 4.69) is 15.2 Å². The van der Waals surface area contributed by atoms with Crippen LogP contribution in [0.4, 0.5) is 11.5 Å². The lowest BCUT2D eigenvalue weighted by atomic mass is 9.96. The molecule has 3 rings (SSSR count). The van der Waals surface area contributed by atoms with Gasteiger partial charge >= 0.3 is 0 Å². The molecule has 8 nitrogen and oxygen atoms in total. The second-order valence-corrected chi connectivity index (χ2v) is 5.99. The van der Waals surface area contributed by atoms with E-state index in [9.17, 15) is 14.9 Å². The summed E-state index contributed by atoms with van der Waals surface area (Å²) in [7, 11) is 0. The number of carbonyl (C=O) groups is 1. The molecule has 2 fully saturated rings. The van der Waals surface area contributed by atoms with Gasteiger partial charge in [0.05, 0.1) is 10.8 Å². The fourth-order valence-electron chi connectivity index (χ4n) is 3.20. The van der Waals surface area contributed by atoms with Crippen molar-refractivity contribution >= 4 is 17.4 Å². The molecule has 8 heteroatoms. The Balaban J connectivity index is 1.65. The number of nitrogens with one attached hydrogen (secondary N) is 1. The number of piperidine rings is 1. The third-order valence-corrected chi connectivity index (χ3v) is 4.47. The van der Waals surface area contributed by atoms with Crippen LogP contribution in [0.3, 0.4) is 0 Å². The number of rotatable bonds is 3. The fourth-order valence-corrected chi connectivity index (χ4v) is 3.20. The molecule has 1 aromatic heterocycles. The number of nitro groups is 1. The molecular weight excluding hydrogens is 298 g/mol. The van der Waals surface area contributed by atoms with E-state index in [1.807, 2.05) is 4.90 Å². The van der Waals surface area contributed by atoms with E-state index in [1.54, 1.807) is 6.07 Å². The second kappa shape index (κ2) is 6.91. The van der Waals surface area contributed by atoms with Crippen LogP contribution in [-0.2, 0) is 4.79 Å². The molecule has 2 aliphatic rings. The highest BCUT2D eigenvalue weighted by molar-refractivity contribution is 5.80. The molecule has 2 saturated heterocycles. The van der Waals surface area contributed by atoms with Crippen LogP contribution in [0.5, 0.6) is 0 Å². The van der Waals surface area contributed by atoms with Crippen LogP contribution in [0.25, 0.3) is 0 Å². The standard InChI is InChI=1S/C15H21N5O3/c21-15(18-8-5-16-6-9-18)12-2-1-7-19(11-12)14-4-3-13(10-17-14)20(22)23/h3-4,10,12,16H,1-2,5-9,11H2.